The van der Waals surface area contributed by atoms with Gasteiger partial charge in [0.15, 0.2) is 0 Å². The second-order valence-corrected chi connectivity index (χ2v) is 5.80. The molecule has 0 radical (unpaired) electrons. The molecule has 0 spiro atoms. The van der Waals surface area contributed by atoms with Gasteiger partial charge in [0, 0.05) is 22.9 Å². The van der Waals surface area contributed by atoms with Gasteiger partial charge in [-0.2, -0.15) is 0 Å². The quantitative estimate of drug-likeness (QED) is 0.880. The number of ether oxygens (including phenoxy) is 1. The molecule has 21 heavy (non-hydrogen) atoms. The largest absolute Gasteiger partial charge is 0.493 e. The molecular weight excluding hydrogens is 282 g/mol. The van der Waals surface area contributed by atoms with E-state index in [2.05, 4.69) is 11.4 Å². The van der Waals surface area contributed by atoms with Crippen LogP contribution in [0.5, 0.6) is 5.75 Å². The van der Waals surface area contributed by atoms with Gasteiger partial charge in [0.25, 0.3) is 5.91 Å². The van der Waals surface area contributed by atoms with Gasteiger partial charge in [0.2, 0.25) is 0 Å². The van der Waals surface area contributed by atoms with Crippen molar-refractivity contribution in [2.24, 2.45) is 0 Å². The van der Waals surface area contributed by atoms with E-state index in [0.29, 0.717) is 13.2 Å². The minimum Gasteiger partial charge on any atom is -0.493 e. The zero-order valence-electron chi connectivity index (χ0n) is 11.8. The molecule has 0 aliphatic carbocycles. The van der Waals surface area contributed by atoms with Crippen LogP contribution in [-0.2, 0) is 0 Å². The second-order valence-electron chi connectivity index (χ2n) is 4.96. The molecule has 4 heteroatoms. The van der Waals surface area contributed by atoms with Crippen LogP contribution in [0.25, 0.3) is 0 Å². The molecule has 1 unspecified atom stereocenters. The van der Waals surface area contributed by atoms with E-state index in [4.69, 9.17) is 4.74 Å². The Morgan fingerprint density at radius 1 is 1.24 bits per heavy atom. The van der Waals surface area contributed by atoms with Crippen LogP contribution in [0, 0.1) is 0 Å². The van der Waals surface area contributed by atoms with Crippen molar-refractivity contribution in [1.29, 1.82) is 0 Å². The number of benzene rings is 2. The molecule has 1 N–H and O–H groups in total. The number of rotatable bonds is 4. The average molecular weight is 299 g/mol. The number of fused-ring (bicyclic) bond motifs is 1. The highest BCUT2D eigenvalue weighted by Gasteiger charge is 2.24. The second kappa shape index (κ2) is 6.22. The number of nitrogens with one attached hydrogen (secondary N) is 1. The van der Waals surface area contributed by atoms with E-state index in [0.717, 1.165) is 16.2 Å². The van der Waals surface area contributed by atoms with Crippen LogP contribution in [-0.4, -0.2) is 25.3 Å². The van der Waals surface area contributed by atoms with Gasteiger partial charge in [-0.1, -0.05) is 30.3 Å². The van der Waals surface area contributed by atoms with Crippen molar-refractivity contribution in [3.05, 3.63) is 59.7 Å². The lowest BCUT2D eigenvalue weighted by Crippen LogP contribution is -2.29. The van der Waals surface area contributed by atoms with Crippen molar-refractivity contribution in [2.75, 3.05) is 19.4 Å². The molecule has 3 rings (SSSR count). The molecule has 1 amide bonds. The highest BCUT2D eigenvalue weighted by atomic mass is 32.2. The maximum Gasteiger partial charge on any atom is 0.252 e. The summed E-state index contributed by atoms with van der Waals surface area (Å²) in [6.45, 7) is 1.22. The van der Waals surface area contributed by atoms with Crippen molar-refractivity contribution in [3.8, 4) is 5.75 Å². The standard InChI is InChI=1S/C17H17NO2S/c1-21-16-9-5-3-7-14(16)17(19)18-10-12-11-20-15-8-4-2-6-13(12)15/h2-9,12H,10-11H2,1H3,(H,18,19). The normalized spacial score (nSPS) is 16.1. The van der Waals surface area contributed by atoms with Crippen molar-refractivity contribution < 1.29 is 9.53 Å². The predicted molar refractivity (Wildman–Crippen MR) is 85.2 cm³/mol. The summed E-state index contributed by atoms with van der Waals surface area (Å²) in [6, 6.07) is 15.7. The molecular formula is C17H17NO2S. The summed E-state index contributed by atoms with van der Waals surface area (Å²) in [6.07, 6.45) is 1.98. The summed E-state index contributed by atoms with van der Waals surface area (Å²) in [7, 11) is 0. The van der Waals surface area contributed by atoms with Gasteiger partial charge in [-0.25, -0.2) is 0 Å². The van der Waals surface area contributed by atoms with Crippen molar-refractivity contribution >= 4 is 17.7 Å². The highest BCUT2D eigenvalue weighted by Crippen LogP contribution is 2.32. The molecule has 2 aromatic rings. The number of carbonyl (C=O) groups is 1. The Hall–Kier alpha value is -1.94. The molecule has 0 saturated heterocycles. The Kier molecular flexibility index (Phi) is 4.15. The number of para-hydroxylation sites is 1. The average Bonchev–Trinajstić information content (AvgIpc) is 2.96. The molecule has 2 aromatic carbocycles. The minimum atomic E-state index is -0.0238. The summed E-state index contributed by atoms with van der Waals surface area (Å²) >= 11 is 1.58. The van der Waals surface area contributed by atoms with Crippen molar-refractivity contribution in [2.45, 2.75) is 10.8 Å². The lowest BCUT2D eigenvalue weighted by molar-refractivity contribution is 0.0947. The Labute approximate surface area is 128 Å². The highest BCUT2D eigenvalue weighted by molar-refractivity contribution is 7.98. The molecule has 0 aromatic heterocycles. The van der Waals surface area contributed by atoms with Gasteiger partial charge >= 0.3 is 0 Å². The third kappa shape index (κ3) is 2.90. The van der Waals surface area contributed by atoms with Gasteiger partial charge in [0.1, 0.15) is 5.75 Å². The van der Waals surface area contributed by atoms with Crippen molar-refractivity contribution in [1.82, 2.24) is 5.32 Å². The molecule has 0 saturated carbocycles. The molecule has 1 heterocycles. The summed E-state index contributed by atoms with van der Waals surface area (Å²) in [5.41, 5.74) is 1.91. The summed E-state index contributed by atoms with van der Waals surface area (Å²) < 4.78 is 5.64. The maximum atomic E-state index is 12.3. The number of carbonyl (C=O) groups excluding carboxylic acids is 1. The first-order chi connectivity index (χ1) is 10.3. The first-order valence-electron chi connectivity index (χ1n) is 6.92. The smallest absolute Gasteiger partial charge is 0.252 e. The molecule has 1 aliphatic rings. The van der Waals surface area contributed by atoms with Crippen LogP contribution in [0.4, 0.5) is 0 Å². The van der Waals surface area contributed by atoms with E-state index in [9.17, 15) is 4.79 Å². The van der Waals surface area contributed by atoms with Crippen LogP contribution < -0.4 is 10.1 Å². The fourth-order valence-corrected chi connectivity index (χ4v) is 3.14. The Morgan fingerprint density at radius 3 is 2.86 bits per heavy atom. The molecule has 0 bridgehead atoms. The molecule has 1 atom stereocenters. The van der Waals surface area contributed by atoms with Crippen LogP contribution in [0.15, 0.2) is 53.4 Å². The third-order valence-corrected chi connectivity index (χ3v) is 4.46. The lowest BCUT2D eigenvalue weighted by Gasteiger charge is -2.12. The SMILES string of the molecule is CSc1ccccc1C(=O)NCC1COc2ccccc21. The van der Waals surface area contributed by atoms with E-state index in [1.807, 2.05) is 48.7 Å². The van der Waals surface area contributed by atoms with Crippen LogP contribution in [0.2, 0.25) is 0 Å². The number of amides is 1. The zero-order chi connectivity index (χ0) is 14.7. The van der Waals surface area contributed by atoms with E-state index in [1.165, 1.54) is 5.56 Å². The summed E-state index contributed by atoms with van der Waals surface area (Å²) in [5.74, 6) is 1.14. The molecule has 3 nitrogen and oxygen atoms in total. The monoisotopic (exact) mass is 299 g/mol. The van der Waals surface area contributed by atoms with E-state index in [-0.39, 0.29) is 11.8 Å². The van der Waals surface area contributed by atoms with E-state index in [1.54, 1.807) is 11.8 Å². The van der Waals surface area contributed by atoms with Gasteiger partial charge in [-0.15, -0.1) is 11.8 Å². The fourth-order valence-electron chi connectivity index (χ4n) is 2.54. The number of hydrogen-bond acceptors (Lipinski definition) is 3. The van der Waals surface area contributed by atoms with Gasteiger partial charge in [-0.3, -0.25) is 4.79 Å². The van der Waals surface area contributed by atoms with Crippen LogP contribution in [0.3, 0.4) is 0 Å². The van der Waals surface area contributed by atoms with Crippen LogP contribution >= 0.6 is 11.8 Å². The first-order valence-corrected chi connectivity index (χ1v) is 8.15. The first kappa shape index (κ1) is 14.0. The van der Waals surface area contributed by atoms with Gasteiger partial charge < -0.3 is 10.1 Å². The number of thioether (sulfide) groups is 1. The molecule has 108 valence electrons. The van der Waals surface area contributed by atoms with Gasteiger partial charge in [0.05, 0.1) is 12.2 Å². The minimum absolute atomic E-state index is 0.0238. The zero-order valence-corrected chi connectivity index (χ0v) is 12.7. The molecule has 0 fully saturated rings. The Morgan fingerprint density at radius 2 is 2.00 bits per heavy atom. The lowest BCUT2D eigenvalue weighted by atomic mass is 10.0. The van der Waals surface area contributed by atoms with Crippen LogP contribution in [0.1, 0.15) is 21.8 Å². The summed E-state index contributed by atoms with van der Waals surface area (Å²) in [4.78, 5) is 13.3. The third-order valence-electron chi connectivity index (χ3n) is 3.66. The van der Waals surface area contributed by atoms with E-state index < -0.39 is 0 Å². The van der Waals surface area contributed by atoms with E-state index >= 15 is 0 Å². The maximum absolute atomic E-state index is 12.3. The fraction of sp³-hybridized carbons (Fsp3) is 0.235. The van der Waals surface area contributed by atoms with Gasteiger partial charge in [-0.05, 0) is 24.5 Å². The number of hydrogen-bond donors (Lipinski definition) is 1. The predicted octanol–water partition coefficient (Wildman–Crippen LogP) is 3.31. The topological polar surface area (TPSA) is 38.3 Å². The Balaban J connectivity index is 1.67. The Bertz CT molecular complexity index is 657. The molecule has 1 aliphatic heterocycles. The summed E-state index contributed by atoms with van der Waals surface area (Å²) in [5, 5.41) is 3.02. The van der Waals surface area contributed by atoms with Crippen molar-refractivity contribution in [3.63, 3.8) is 0 Å².